The van der Waals surface area contributed by atoms with Gasteiger partial charge in [-0.1, -0.05) is 12.1 Å². The number of halogens is 3. The summed E-state index contributed by atoms with van der Waals surface area (Å²) < 4.78 is 65.0. The second kappa shape index (κ2) is 11.0. The molecule has 0 aromatic heterocycles. The van der Waals surface area contributed by atoms with E-state index < -0.39 is 33.4 Å². The van der Waals surface area contributed by atoms with Crippen molar-refractivity contribution in [3.63, 3.8) is 0 Å². The first-order valence-electron chi connectivity index (χ1n) is 8.50. The number of hydrogen-bond acceptors (Lipinski definition) is 5. The van der Waals surface area contributed by atoms with Crippen LogP contribution in [0, 0.1) is 0 Å². The molecule has 0 bridgehead atoms. The summed E-state index contributed by atoms with van der Waals surface area (Å²) in [6, 6.07) is 4.23. The van der Waals surface area contributed by atoms with E-state index in [1.165, 1.54) is 30.2 Å². The average molecular weight is 436 g/mol. The number of sulfone groups is 1. The van der Waals surface area contributed by atoms with Crippen LogP contribution >= 0.6 is 0 Å². The predicted molar refractivity (Wildman–Crippen MR) is 102 cm³/mol. The molecule has 1 N–H and O–H groups in total. The zero-order valence-electron chi connectivity index (χ0n) is 16.0. The lowest BCUT2D eigenvalue weighted by atomic mass is 10.1. The highest BCUT2D eigenvalue weighted by molar-refractivity contribution is 7.90. The summed E-state index contributed by atoms with van der Waals surface area (Å²) in [7, 11) is -1.83. The Balaban J connectivity index is 2.59. The van der Waals surface area contributed by atoms with Crippen molar-refractivity contribution in [2.45, 2.75) is 6.18 Å². The number of alkyl halides is 3. The molecule has 0 fully saturated rings. The number of nitrogens with one attached hydrogen (secondary N) is 1. The second-order valence-electron chi connectivity index (χ2n) is 6.17. The summed E-state index contributed by atoms with van der Waals surface area (Å²) in [5.41, 5.74) is -0.413. The van der Waals surface area contributed by atoms with Crippen LogP contribution < -0.4 is 5.32 Å². The number of carbonyl (C=O) groups is 2. The maximum atomic E-state index is 12.5. The lowest BCUT2D eigenvalue weighted by Gasteiger charge is -2.22. The van der Waals surface area contributed by atoms with Crippen LogP contribution in [-0.2, 0) is 30.3 Å². The summed E-state index contributed by atoms with van der Waals surface area (Å²) in [4.78, 5) is 25.3. The minimum atomic E-state index is -4.44. The van der Waals surface area contributed by atoms with Gasteiger partial charge in [0.1, 0.15) is 9.84 Å². The maximum absolute atomic E-state index is 12.5. The van der Waals surface area contributed by atoms with E-state index in [9.17, 15) is 31.2 Å². The van der Waals surface area contributed by atoms with Gasteiger partial charge in [0.15, 0.2) is 0 Å². The number of nitrogens with zero attached hydrogens (tertiary/aromatic N) is 1. The number of hydrogen-bond donors (Lipinski definition) is 1. The third kappa shape index (κ3) is 10.1. The fourth-order valence-corrected chi connectivity index (χ4v) is 2.68. The third-order valence-electron chi connectivity index (χ3n) is 3.73. The van der Waals surface area contributed by atoms with Crippen LogP contribution in [0.3, 0.4) is 0 Å². The van der Waals surface area contributed by atoms with Crippen LogP contribution in [0.1, 0.15) is 11.1 Å². The van der Waals surface area contributed by atoms with Gasteiger partial charge in [-0.05, 0) is 23.8 Å². The summed E-state index contributed by atoms with van der Waals surface area (Å²) >= 11 is 0. The molecule has 0 unspecified atom stereocenters. The van der Waals surface area contributed by atoms with Gasteiger partial charge in [-0.3, -0.25) is 9.59 Å². The largest absolute Gasteiger partial charge is 0.416 e. The lowest BCUT2D eigenvalue weighted by Crippen LogP contribution is -2.43. The first-order chi connectivity index (χ1) is 13.4. The van der Waals surface area contributed by atoms with E-state index in [0.29, 0.717) is 5.56 Å². The van der Waals surface area contributed by atoms with E-state index in [4.69, 9.17) is 4.74 Å². The molecule has 0 atom stereocenters. The molecule has 0 aliphatic rings. The van der Waals surface area contributed by atoms with Crippen LogP contribution in [0.25, 0.3) is 6.08 Å². The highest BCUT2D eigenvalue weighted by Crippen LogP contribution is 2.29. The molecule has 1 rings (SSSR count). The Labute approximate surface area is 167 Å². The molecule has 11 heteroatoms. The molecule has 29 heavy (non-hydrogen) atoms. The zero-order valence-corrected chi connectivity index (χ0v) is 16.8. The van der Waals surface area contributed by atoms with Crippen molar-refractivity contribution in [2.75, 3.05) is 45.4 Å². The minimum absolute atomic E-state index is 0.0295. The average Bonchev–Trinajstić information content (AvgIpc) is 2.63. The van der Waals surface area contributed by atoms with Gasteiger partial charge >= 0.3 is 6.18 Å². The molecule has 0 aliphatic carbocycles. The number of amides is 2. The second-order valence-corrected chi connectivity index (χ2v) is 8.43. The van der Waals surface area contributed by atoms with Crippen molar-refractivity contribution in [3.05, 3.63) is 41.5 Å². The van der Waals surface area contributed by atoms with Crippen molar-refractivity contribution in [1.29, 1.82) is 0 Å². The van der Waals surface area contributed by atoms with Gasteiger partial charge in [0.2, 0.25) is 11.8 Å². The number of benzene rings is 1. The maximum Gasteiger partial charge on any atom is 0.416 e. The number of carbonyl (C=O) groups excluding carboxylic acids is 2. The van der Waals surface area contributed by atoms with E-state index in [1.807, 2.05) is 0 Å². The summed E-state index contributed by atoms with van der Waals surface area (Å²) in [5, 5.41) is 2.36. The van der Waals surface area contributed by atoms with Crippen molar-refractivity contribution in [3.8, 4) is 0 Å². The summed E-state index contributed by atoms with van der Waals surface area (Å²) in [5.74, 6) is -1.32. The quantitative estimate of drug-likeness (QED) is 0.559. The van der Waals surface area contributed by atoms with Gasteiger partial charge < -0.3 is 15.0 Å². The van der Waals surface area contributed by atoms with E-state index in [-0.39, 0.29) is 32.0 Å². The van der Waals surface area contributed by atoms with Crippen LogP contribution in [0.2, 0.25) is 0 Å². The Morgan fingerprint density at radius 2 is 1.79 bits per heavy atom. The lowest BCUT2D eigenvalue weighted by molar-refractivity contribution is -0.137. The Bertz CT molecular complexity index is 821. The predicted octanol–water partition coefficient (Wildman–Crippen LogP) is 1.35. The summed E-state index contributed by atoms with van der Waals surface area (Å²) in [6.45, 7) is -0.0126. The molecule has 0 heterocycles. The Morgan fingerprint density at radius 3 is 2.31 bits per heavy atom. The molecule has 7 nitrogen and oxygen atoms in total. The Morgan fingerprint density at radius 1 is 1.17 bits per heavy atom. The van der Waals surface area contributed by atoms with Crippen molar-refractivity contribution in [1.82, 2.24) is 10.2 Å². The van der Waals surface area contributed by atoms with Gasteiger partial charge in [-0.15, -0.1) is 0 Å². The first kappa shape index (κ1) is 24.6. The minimum Gasteiger partial charge on any atom is -0.383 e. The Hall–Kier alpha value is -2.40. The number of rotatable bonds is 10. The normalized spacial score (nSPS) is 12.2. The molecule has 0 aliphatic heterocycles. The van der Waals surface area contributed by atoms with Crippen LogP contribution in [0.4, 0.5) is 13.2 Å². The SMILES string of the molecule is COCCN(CCS(C)(=O)=O)C(=O)CNC(=O)/C=C/c1ccc(C(F)(F)F)cc1. The highest BCUT2D eigenvalue weighted by Gasteiger charge is 2.29. The van der Waals surface area contributed by atoms with Crippen LogP contribution in [0.15, 0.2) is 30.3 Å². The fraction of sp³-hybridized carbons (Fsp3) is 0.444. The topological polar surface area (TPSA) is 92.8 Å². The molecular formula is C18H23F3N2O5S. The first-order valence-corrected chi connectivity index (χ1v) is 10.6. The van der Waals surface area contributed by atoms with Gasteiger partial charge in [-0.2, -0.15) is 13.2 Å². The number of ether oxygens (including phenoxy) is 1. The zero-order chi connectivity index (χ0) is 22.1. The van der Waals surface area contributed by atoms with Gasteiger partial charge in [0, 0.05) is 32.5 Å². The monoisotopic (exact) mass is 436 g/mol. The highest BCUT2D eigenvalue weighted by atomic mass is 32.2. The van der Waals surface area contributed by atoms with Gasteiger partial charge in [0.25, 0.3) is 0 Å². The van der Waals surface area contributed by atoms with Gasteiger partial charge in [-0.25, -0.2) is 8.42 Å². The third-order valence-corrected chi connectivity index (χ3v) is 4.65. The summed E-state index contributed by atoms with van der Waals surface area (Å²) in [6.07, 6.45) is -0.982. The molecule has 0 saturated heterocycles. The Kier molecular flexibility index (Phi) is 9.31. The van der Waals surface area contributed by atoms with Gasteiger partial charge in [0.05, 0.1) is 24.5 Å². The molecule has 0 saturated carbocycles. The standard InChI is InChI=1S/C18H23F3N2O5S/c1-28-11-9-23(10-12-29(2,26)27)17(25)13-22-16(24)8-5-14-3-6-15(7-4-14)18(19,20)21/h3-8H,9-13H2,1-2H3,(H,22,24)/b8-5+. The molecule has 1 aromatic carbocycles. The molecule has 162 valence electrons. The molecule has 1 aromatic rings. The molecule has 0 spiro atoms. The van der Waals surface area contributed by atoms with Crippen molar-refractivity contribution < 1.29 is 35.9 Å². The number of methoxy groups -OCH3 is 1. The smallest absolute Gasteiger partial charge is 0.383 e. The van der Waals surface area contributed by atoms with E-state index in [2.05, 4.69) is 5.32 Å². The van der Waals surface area contributed by atoms with E-state index in [1.54, 1.807) is 0 Å². The molecule has 2 amide bonds. The van der Waals surface area contributed by atoms with E-state index in [0.717, 1.165) is 24.5 Å². The molecule has 0 radical (unpaired) electrons. The molecular weight excluding hydrogens is 413 g/mol. The fourth-order valence-electron chi connectivity index (χ4n) is 2.13. The van der Waals surface area contributed by atoms with Crippen LogP contribution in [0.5, 0.6) is 0 Å². The van der Waals surface area contributed by atoms with Crippen LogP contribution in [-0.4, -0.2) is 70.5 Å². The van der Waals surface area contributed by atoms with Crippen molar-refractivity contribution >= 4 is 27.7 Å². The van der Waals surface area contributed by atoms with Crippen molar-refractivity contribution in [2.24, 2.45) is 0 Å². The van der Waals surface area contributed by atoms with E-state index >= 15 is 0 Å².